The van der Waals surface area contributed by atoms with Crippen molar-refractivity contribution < 1.29 is 23.9 Å². The summed E-state index contributed by atoms with van der Waals surface area (Å²) in [6.07, 6.45) is 2.17. The Bertz CT molecular complexity index is 1320. The molecule has 0 aliphatic heterocycles. The smallest absolute Gasteiger partial charge is 0.329 e. The van der Waals surface area contributed by atoms with E-state index in [1.807, 2.05) is 55.5 Å². The highest BCUT2D eigenvalue weighted by Crippen LogP contribution is 2.27. The van der Waals surface area contributed by atoms with Crippen molar-refractivity contribution in [2.75, 3.05) is 19.0 Å². The van der Waals surface area contributed by atoms with Gasteiger partial charge in [-0.2, -0.15) is 5.10 Å². The van der Waals surface area contributed by atoms with E-state index in [0.717, 1.165) is 23.2 Å². The molecule has 0 spiro atoms. The number of benzene rings is 3. The number of methoxy groups -OCH3 is 1. The number of amides is 3. The molecule has 0 unspecified atom stereocenters. The third-order valence-corrected chi connectivity index (χ3v) is 5.90. The molecular weight excluding hydrogens is 496 g/mol. The number of para-hydroxylation sites is 1. The fourth-order valence-electron chi connectivity index (χ4n) is 3.66. The Kier molecular flexibility index (Phi) is 10.6. The van der Waals surface area contributed by atoms with E-state index in [2.05, 4.69) is 35.0 Å². The van der Waals surface area contributed by atoms with Crippen molar-refractivity contribution in [3.8, 4) is 11.5 Å². The first-order chi connectivity index (χ1) is 18.8. The van der Waals surface area contributed by atoms with Gasteiger partial charge in [-0.15, -0.1) is 0 Å². The minimum Gasteiger partial charge on any atom is -0.493 e. The van der Waals surface area contributed by atoms with Crippen LogP contribution in [0.5, 0.6) is 11.5 Å². The third kappa shape index (κ3) is 8.70. The van der Waals surface area contributed by atoms with Gasteiger partial charge >= 0.3 is 11.8 Å². The molecule has 0 aromatic heterocycles. The SMILES string of the molecule is CCc1ccccc1NC(=O)COc1ccc(/C=N\NC(=O)C(=O)NCc2ccc(C(C)C)cc2)cc1OC. The molecule has 39 heavy (non-hydrogen) atoms. The van der Waals surface area contributed by atoms with E-state index in [-0.39, 0.29) is 19.1 Å². The van der Waals surface area contributed by atoms with Crippen LogP contribution in [0.25, 0.3) is 0 Å². The second-order valence-corrected chi connectivity index (χ2v) is 9.04. The maximum atomic E-state index is 12.4. The van der Waals surface area contributed by atoms with Crippen molar-refractivity contribution in [3.63, 3.8) is 0 Å². The first-order valence-corrected chi connectivity index (χ1v) is 12.7. The van der Waals surface area contributed by atoms with Crippen molar-refractivity contribution in [1.82, 2.24) is 10.7 Å². The fourth-order valence-corrected chi connectivity index (χ4v) is 3.66. The number of aryl methyl sites for hydroxylation is 1. The zero-order chi connectivity index (χ0) is 28.2. The van der Waals surface area contributed by atoms with Crippen LogP contribution < -0.4 is 25.5 Å². The normalized spacial score (nSPS) is 10.8. The number of carbonyl (C=O) groups excluding carboxylic acids is 3. The van der Waals surface area contributed by atoms with Gasteiger partial charge in [-0.1, -0.05) is 63.2 Å². The lowest BCUT2D eigenvalue weighted by Gasteiger charge is -2.13. The fraction of sp³-hybridized carbons (Fsp3) is 0.267. The summed E-state index contributed by atoms with van der Waals surface area (Å²) in [6, 6.07) is 20.4. The summed E-state index contributed by atoms with van der Waals surface area (Å²) in [7, 11) is 1.48. The van der Waals surface area contributed by atoms with Crippen molar-refractivity contribution in [1.29, 1.82) is 0 Å². The van der Waals surface area contributed by atoms with E-state index < -0.39 is 11.8 Å². The van der Waals surface area contributed by atoms with E-state index in [0.29, 0.717) is 23.0 Å². The Morgan fingerprint density at radius 1 is 0.949 bits per heavy atom. The van der Waals surface area contributed by atoms with Crippen molar-refractivity contribution in [2.45, 2.75) is 39.7 Å². The van der Waals surface area contributed by atoms with Gasteiger partial charge in [0, 0.05) is 12.2 Å². The molecule has 0 radical (unpaired) electrons. The summed E-state index contributed by atoms with van der Waals surface area (Å²) in [5.41, 5.74) is 6.68. The van der Waals surface area contributed by atoms with Crippen LogP contribution in [0, 0.1) is 0 Å². The van der Waals surface area contributed by atoms with E-state index in [1.165, 1.54) is 18.9 Å². The van der Waals surface area contributed by atoms with Crippen LogP contribution in [0.2, 0.25) is 0 Å². The number of rotatable bonds is 11. The summed E-state index contributed by atoms with van der Waals surface area (Å²) in [6.45, 7) is 6.27. The minimum absolute atomic E-state index is 0.200. The number of ether oxygens (including phenoxy) is 2. The Balaban J connectivity index is 1.48. The molecule has 0 saturated carbocycles. The highest BCUT2D eigenvalue weighted by molar-refractivity contribution is 6.35. The predicted molar refractivity (Wildman–Crippen MR) is 151 cm³/mol. The summed E-state index contributed by atoms with van der Waals surface area (Å²) in [4.78, 5) is 36.5. The first-order valence-electron chi connectivity index (χ1n) is 12.7. The molecule has 204 valence electrons. The Morgan fingerprint density at radius 2 is 1.69 bits per heavy atom. The molecule has 0 bridgehead atoms. The predicted octanol–water partition coefficient (Wildman–Crippen LogP) is 4.17. The second kappa shape index (κ2) is 14.3. The van der Waals surface area contributed by atoms with Crippen LogP contribution in [-0.4, -0.2) is 37.7 Å². The monoisotopic (exact) mass is 530 g/mol. The lowest BCUT2D eigenvalue weighted by atomic mass is 10.0. The van der Waals surface area contributed by atoms with Crippen LogP contribution >= 0.6 is 0 Å². The van der Waals surface area contributed by atoms with Crippen LogP contribution in [0.15, 0.2) is 71.8 Å². The Morgan fingerprint density at radius 3 is 2.38 bits per heavy atom. The topological polar surface area (TPSA) is 118 Å². The third-order valence-electron chi connectivity index (χ3n) is 5.90. The van der Waals surface area contributed by atoms with E-state index in [9.17, 15) is 14.4 Å². The summed E-state index contributed by atoms with van der Waals surface area (Å²) in [5.74, 6) is -0.792. The molecule has 9 nitrogen and oxygen atoms in total. The number of carbonyl (C=O) groups is 3. The van der Waals surface area contributed by atoms with Gasteiger partial charge in [-0.05, 0) is 58.9 Å². The van der Waals surface area contributed by atoms with Gasteiger partial charge in [0.15, 0.2) is 18.1 Å². The standard InChI is InChI=1S/C30H34N4O5/c1-5-23-8-6-7-9-25(23)33-28(35)19-39-26-15-12-22(16-27(26)38-4)18-32-34-30(37)29(36)31-17-21-10-13-24(14-11-21)20(2)3/h6-16,18,20H,5,17,19H2,1-4H3,(H,31,36)(H,33,35)(H,34,37)/b32-18-. The molecule has 3 rings (SSSR count). The summed E-state index contributed by atoms with van der Waals surface area (Å²) < 4.78 is 11.0. The zero-order valence-corrected chi connectivity index (χ0v) is 22.6. The molecule has 0 saturated heterocycles. The Hall–Kier alpha value is -4.66. The van der Waals surface area contributed by atoms with Gasteiger partial charge in [-0.25, -0.2) is 5.43 Å². The lowest BCUT2D eigenvalue weighted by molar-refractivity contribution is -0.139. The maximum absolute atomic E-state index is 12.4. The molecule has 0 aliphatic carbocycles. The number of hydrogen-bond donors (Lipinski definition) is 3. The van der Waals surface area contributed by atoms with Crippen LogP contribution in [0.1, 0.15) is 48.9 Å². The largest absolute Gasteiger partial charge is 0.493 e. The molecule has 0 atom stereocenters. The average Bonchev–Trinajstić information content (AvgIpc) is 2.95. The molecule has 3 aromatic carbocycles. The number of nitrogens with zero attached hydrogens (tertiary/aromatic N) is 1. The number of hydrogen-bond acceptors (Lipinski definition) is 6. The molecule has 3 aromatic rings. The van der Waals surface area contributed by atoms with Crippen LogP contribution in [0.3, 0.4) is 0 Å². The van der Waals surface area contributed by atoms with Gasteiger partial charge in [0.2, 0.25) is 0 Å². The zero-order valence-electron chi connectivity index (χ0n) is 22.6. The highest BCUT2D eigenvalue weighted by atomic mass is 16.5. The average molecular weight is 531 g/mol. The van der Waals surface area contributed by atoms with Gasteiger partial charge in [0.25, 0.3) is 5.91 Å². The summed E-state index contributed by atoms with van der Waals surface area (Å²) >= 11 is 0. The van der Waals surface area contributed by atoms with E-state index in [1.54, 1.807) is 18.2 Å². The molecule has 9 heteroatoms. The van der Waals surface area contributed by atoms with Crippen molar-refractivity contribution in [2.24, 2.45) is 5.10 Å². The highest BCUT2D eigenvalue weighted by Gasteiger charge is 2.13. The lowest BCUT2D eigenvalue weighted by Crippen LogP contribution is -2.37. The number of anilines is 1. The molecular formula is C30H34N4O5. The molecule has 0 heterocycles. The molecule has 3 amide bonds. The van der Waals surface area contributed by atoms with Crippen LogP contribution in [0.4, 0.5) is 5.69 Å². The van der Waals surface area contributed by atoms with E-state index in [4.69, 9.17) is 9.47 Å². The van der Waals surface area contributed by atoms with Crippen molar-refractivity contribution >= 4 is 29.6 Å². The number of nitrogens with one attached hydrogen (secondary N) is 3. The van der Waals surface area contributed by atoms with Gasteiger partial charge in [-0.3, -0.25) is 14.4 Å². The quantitative estimate of drug-likeness (QED) is 0.195. The summed E-state index contributed by atoms with van der Waals surface area (Å²) in [5, 5.41) is 9.27. The first kappa shape index (κ1) is 28.9. The maximum Gasteiger partial charge on any atom is 0.329 e. The molecule has 0 fully saturated rings. The van der Waals surface area contributed by atoms with E-state index >= 15 is 0 Å². The minimum atomic E-state index is -0.882. The van der Waals surface area contributed by atoms with Crippen LogP contribution in [-0.2, 0) is 27.3 Å². The molecule has 3 N–H and O–H groups in total. The number of hydrazone groups is 1. The second-order valence-electron chi connectivity index (χ2n) is 9.04. The van der Waals surface area contributed by atoms with Gasteiger partial charge < -0.3 is 20.1 Å². The van der Waals surface area contributed by atoms with Gasteiger partial charge in [0.1, 0.15) is 0 Å². The van der Waals surface area contributed by atoms with Gasteiger partial charge in [0.05, 0.1) is 13.3 Å². The van der Waals surface area contributed by atoms with Crippen molar-refractivity contribution in [3.05, 3.63) is 89.0 Å². The molecule has 0 aliphatic rings. The Labute approximate surface area is 228 Å².